The predicted molar refractivity (Wildman–Crippen MR) is 71.0 cm³/mol. The molecule has 1 heterocycles. The van der Waals surface area contributed by atoms with Crippen LogP contribution in [0.1, 0.15) is 18.5 Å². The van der Waals surface area contributed by atoms with E-state index in [0.29, 0.717) is 11.5 Å². The summed E-state index contributed by atoms with van der Waals surface area (Å²) in [5, 5.41) is 3.11. The lowest BCUT2D eigenvalue weighted by molar-refractivity contribution is 0.174. The molecule has 0 fully saturated rings. The summed E-state index contributed by atoms with van der Waals surface area (Å²) in [6.07, 6.45) is 0. The second kappa shape index (κ2) is 5.00. The number of anilines is 1. The monoisotopic (exact) mass is 277 g/mol. The highest BCUT2D eigenvalue weighted by atomic mass is 19.1. The highest BCUT2D eigenvalue weighted by Crippen LogP contribution is 2.35. The van der Waals surface area contributed by atoms with E-state index in [1.807, 2.05) is 0 Å². The van der Waals surface area contributed by atoms with Gasteiger partial charge in [-0.05, 0) is 37.3 Å². The van der Waals surface area contributed by atoms with Gasteiger partial charge in [-0.25, -0.2) is 8.78 Å². The Kier molecular flexibility index (Phi) is 3.18. The maximum Gasteiger partial charge on any atom is 0.231 e. The predicted octanol–water partition coefficient (Wildman–Crippen LogP) is 3.87. The average molecular weight is 277 g/mol. The van der Waals surface area contributed by atoms with Crippen LogP contribution in [0.3, 0.4) is 0 Å². The van der Waals surface area contributed by atoms with Gasteiger partial charge in [-0.15, -0.1) is 0 Å². The van der Waals surface area contributed by atoms with Crippen LogP contribution in [-0.2, 0) is 0 Å². The van der Waals surface area contributed by atoms with E-state index in [4.69, 9.17) is 9.47 Å². The van der Waals surface area contributed by atoms with Crippen molar-refractivity contribution in [3.63, 3.8) is 0 Å². The van der Waals surface area contributed by atoms with Gasteiger partial charge in [0.25, 0.3) is 0 Å². The Hall–Kier alpha value is -2.30. The standard InChI is InChI=1S/C15H13F2NO2/c1-9(12-6-10(16)2-4-13(12)17)18-11-3-5-14-15(7-11)20-8-19-14/h2-7,9,18H,8H2,1H3. The van der Waals surface area contributed by atoms with Gasteiger partial charge in [-0.2, -0.15) is 0 Å². The molecule has 1 atom stereocenters. The Morgan fingerprint density at radius 1 is 1.05 bits per heavy atom. The third kappa shape index (κ3) is 2.39. The number of ether oxygens (including phenoxy) is 2. The topological polar surface area (TPSA) is 30.5 Å². The Balaban J connectivity index is 1.82. The Morgan fingerprint density at radius 3 is 2.70 bits per heavy atom. The summed E-state index contributed by atoms with van der Waals surface area (Å²) in [6, 6.07) is 8.41. The van der Waals surface area contributed by atoms with Crippen LogP contribution in [0.25, 0.3) is 0 Å². The molecule has 0 spiro atoms. The molecular formula is C15H13F2NO2. The summed E-state index contributed by atoms with van der Waals surface area (Å²) in [5.74, 6) is 0.426. The fourth-order valence-electron chi connectivity index (χ4n) is 2.16. The van der Waals surface area contributed by atoms with Crippen LogP contribution < -0.4 is 14.8 Å². The molecule has 0 saturated carbocycles. The highest BCUT2D eigenvalue weighted by molar-refractivity contribution is 5.56. The molecule has 3 rings (SSSR count). The molecule has 1 aliphatic rings. The molecule has 0 bridgehead atoms. The maximum atomic E-state index is 13.7. The van der Waals surface area contributed by atoms with Crippen LogP contribution in [0, 0.1) is 11.6 Å². The smallest absolute Gasteiger partial charge is 0.231 e. The largest absolute Gasteiger partial charge is 0.454 e. The van der Waals surface area contributed by atoms with Crippen molar-refractivity contribution in [2.45, 2.75) is 13.0 Å². The summed E-state index contributed by atoms with van der Waals surface area (Å²) in [4.78, 5) is 0. The summed E-state index contributed by atoms with van der Waals surface area (Å²) < 4.78 is 37.4. The van der Waals surface area contributed by atoms with Crippen molar-refractivity contribution in [2.75, 3.05) is 12.1 Å². The molecule has 0 radical (unpaired) electrons. The van der Waals surface area contributed by atoms with E-state index >= 15 is 0 Å². The minimum atomic E-state index is -0.458. The molecule has 1 N–H and O–H groups in total. The van der Waals surface area contributed by atoms with E-state index in [0.717, 1.165) is 17.8 Å². The molecule has 2 aromatic rings. The second-order valence-corrected chi connectivity index (χ2v) is 4.60. The number of hydrogen-bond donors (Lipinski definition) is 1. The molecular weight excluding hydrogens is 264 g/mol. The van der Waals surface area contributed by atoms with Crippen LogP contribution in [0.15, 0.2) is 36.4 Å². The van der Waals surface area contributed by atoms with E-state index < -0.39 is 11.6 Å². The Morgan fingerprint density at radius 2 is 1.85 bits per heavy atom. The normalized spacial score (nSPS) is 14.2. The van der Waals surface area contributed by atoms with Gasteiger partial charge in [-0.1, -0.05) is 0 Å². The number of nitrogens with one attached hydrogen (secondary N) is 1. The van der Waals surface area contributed by atoms with Gasteiger partial charge < -0.3 is 14.8 Å². The molecule has 0 amide bonds. The number of fused-ring (bicyclic) bond motifs is 1. The zero-order valence-corrected chi connectivity index (χ0v) is 10.8. The molecule has 0 aromatic heterocycles. The number of benzene rings is 2. The van der Waals surface area contributed by atoms with Crippen LogP contribution in [0.2, 0.25) is 0 Å². The average Bonchev–Trinajstić information content (AvgIpc) is 2.89. The van der Waals surface area contributed by atoms with Gasteiger partial charge in [-0.3, -0.25) is 0 Å². The van der Waals surface area contributed by atoms with Crippen LogP contribution in [-0.4, -0.2) is 6.79 Å². The van der Waals surface area contributed by atoms with Gasteiger partial charge in [0.1, 0.15) is 11.6 Å². The van der Waals surface area contributed by atoms with Crippen molar-refractivity contribution < 1.29 is 18.3 Å². The lowest BCUT2D eigenvalue weighted by atomic mass is 10.1. The lowest BCUT2D eigenvalue weighted by Crippen LogP contribution is -2.09. The van der Waals surface area contributed by atoms with E-state index in [-0.39, 0.29) is 18.4 Å². The molecule has 20 heavy (non-hydrogen) atoms. The SMILES string of the molecule is CC(Nc1ccc2c(c1)OCO2)c1cc(F)ccc1F. The van der Waals surface area contributed by atoms with Gasteiger partial charge in [0.2, 0.25) is 6.79 Å². The summed E-state index contributed by atoms with van der Waals surface area (Å²) in [6.45, 7) is 1.97. The molecule has 0 aliphatic carbocycles. The minimum absolute atomic E-state index is 0.201. The molecule has 2 aromatic carbocycles. The van der Waals surface area contributed by atoms with Crippen molar-refractivity contribution >= 4 is 5.69 Å². The molecule has 3 nitrogen and oxygen atoms in total. The summed E-state index contributed by atoms with van der Waals surface area (Å²) in [5.41, 5.74) is 1.04. The molecule has 0 saturated heterocycles. The fourth-order valence-corrected chi connectivity index (χ4v) is 2.16. The molecule has 1 unspecified atom stereocenters. The van der Waals surface area contributed by atoms with Gasteiger partial charge in [0.05, 0.1) is 6.04 Å². The van der Waals surface area contributed by atoms with Crippen molar-refractivity contribution in [1.29, 1.82) is 0 Å². The Labute approximate surface area is 115 Å². The van der Waals surface area contributed by atoms with Gasteiger partial charge in [0, 0.05) is 17.3 Å². The van der Waals surface area contributed by atoms with Crippen LogP contribution in [0.4, 0.5) is 14.5 Å². The van der Waals surface area contributed by atoms with E-state index in [2.05, 4.69) is 5.32 Å². The number of rotatable bonds is 3. The third-order valence-corrected chi connectivity index (χ3v) is 3.18. The fraction of sp³-hybridized carbons (Fsp3) is 0.200. The molecule has 1 aliphatic heterocycles. The van der Waals surface area contributed by atoms with Crippen molar-refractivity contribution in [3.8, 4) is 11.5 Å². The maximum absolute atomic E-state index is 13.7. The molecule has 104 valence electrons. The third-order valence-electron chi connectivity index (χ3n) is 3.18. The van der Waals surface area contributed by atoms with Gasteiger partial charge >= 0.3 is 0 Å². The van der Waals surface area contributed by atoms with Crippen LogP contribution in [0.5, 0.6) is 11.5 Å². The summed E-state index contributed by atoms with van der Waals surface area (Å²) in [7, 11) is 0. The second-order valence-electron chi connectivity index (χ2n) is 4.60. The van der Waals surface area contributed by atoms with Crippen molar-refractivity contribution in [3.05, 3.63) is 53.6 Å². The number of halogens is 2. The first-order chi connectivity index (χ1) is 9.63. The summed E-state index contributed by atoms with van der Waals surface area (Å²) >= 11 is 0. The zero-order chi connectivity index (χ0) is 14.1. The van der Waals surface area contributed by atoms with E-state index in [9.17, 15) is 8.78 Å². The van der Waals surface area contributed by atoms with Gasteiger partial charge in [0.15, 0.2) is 11.5 Å². The zero-order valence-electron chi connectivity index (χ0n) is 10.8. The van der Waals surface area contributed by atoms with Crippen LogP contribution >= 0.6 is 0 Å². The highest BCUT2D eigenvalue weighted by Gasteiger charge is 2.16. The minimum Gasteiger partial charge on any atom is -0.454 e. The number of hydrogen-bond acceptors (Lipinski definition) is 3. The van der Waals surface area contributed by atoms with Crippen molar-refractivity contribution in [1.82, 2.24) is 0 Å². The quantitative estimate of drug-likeness (QED) is 0.924. The lowest BCUT2D eigenvalue weighted by Gasteiger charge is -2.16. The first kappa shape index (κ1) is 12.7. The Bertz CT molecular complexity index is 646. The first-order valence-electron chi connectivity index (χ1n) is 6.24. The first-order valence-corrected chi connectivity index (χ1v) is 6.24. The van der Waals surface area contributed by atoms with E-state index in [1.54, 1.807) is 25.1 Å². The molecule has 5 heteroatoms. The van der Waals surface area contributed by atoms with Crippen molar-refractivity contribution in [2.24, 2.45) is 0 Å². The van der Waals surface area contributed by atoms with E-state index in [1.165, 1.54) is 6.07 Å².